The minimum absolute atomic E-state index is 0.188. The molecule has 4 rings (SSSR count). The van der Waals surface area contributed by atoms with Crippen LogP contribution in [-0.4, -0.2) is 4.90 Å². The molecule has 0 unspecified atom stereocenters. The van der Waals surface area contributed by atoms with E-state index in [1.807, 2.05) is 12.1 Å². The van der Waals surface area contributed by atoms with E-state index in [0.717, 1.165) is 18.7 Å². The van der Waals surface area contributed by atoms with Crippen LogP contribution in [0.1, 0.15) is 28.0 Å². The van der Waals surface area contributed by atoms with Gasteiger partial charge in [-0.1, -0.05) is 36.4 Å². The Balaban J connectivity index is 1.38. The normalized spacial score (nSPS) is 13.1. The SMILES string of the molecule is N#Cc1ccc(COc2coc(CN3Cc4ccccc4C3)cc2=O)cc1. The Kier molecular flexibility index (Phi) is 4.73. The lowest BCUT2D eigenvalue weighted by Gasteiger charge is -2.14. The molecule has 0 fully saturated rings. The number of ether oxygens (including phenoxy) is 1. The Hall–Kier alpha value is -3.36. The molecule has 2 heterocycles. The lowest BCUT2D eigenvalue weighted by molar-refractivity contribution is 0.241. The Morgan fingerprint density at radius 3 is 2.41 bits per heavy atom. The van der Waals surface area contributed by atoms with Crippen molar-refractivity contribution in [2.45, 2.75) is 26.2 Å². The van der Waals surface area contributed by atoms with Gasteiger partial charge in [0.2, 0.25) is 11.2 Å². The molecule has 1 aliphatic heterocycles. The molecule has 0 aliphatic carbocycles. The molecule has 134 valence electrons. The second-order valence-electron chi connectivity index (χ2n) is 6.59. The standard InChI is InChI=1S/C22H18N2O3/c23-10-16-5-7-17(8-6-16)14-27-22-15-26-20(9-21(22)25)13-24-11-18-3-1-2-4-19(18)12-24/h1-9,15H,11-14H2. The molecular formula is C22H18N2O3. The molecule has 0 atom stereocenters. The van der Waals surface area contributed by atoms with Gasteiger partial charge in [0.05, 0.1) is 18.2 Å². The van der Waals surface area contributed by atoms with Crippen LogP contribution >= 0.6 is 0 Å². The van der Waals surface area contributed by atoms with Crippen LogP contribution in [0, 0.1) is 11.3 Å². The maximum atomic E-state index is 12.3. The highest BCUT2D eigenvalue weighted by Crippen LogP contribution is 2.24. The Bertz CT molecular complexity index is 1020. The molecule has 0 bridgehead atoms. The van der Waals surface area contributed by atoms with Crippen LogP contribution in [0.2, 0.25) is 0 Å². The first kappa shape index (κ1) is 17.1. The van der Waals surface area contributed by atoms with Crippen molar-refractivity contribution in [2.75, 3.05) is 0 Å². The van der Waals surface area contributed by atoms with Gasteiger partial charge in [-0.05, 0) is 28.8 Å². The van der Waals surface area contributed by atoms with Crippen molar-refractivity contribution in [1.29, 1.82) is 5.26 Å². The minimum Gasteiger partial charge on any atom is -0.482 e. The quantitative estimate of drug-likeness (QED) is 0.697. The average molecular weight is 358 g/mol. The van der Waals surface area contributed by atoms with Gasteiger partial charge in [-0.2, -0.15) is 5.26 Å². The van der Waals surface area contributed by atoms with E-state index in [9.17, 15) is 4.79 Å². The van der Waals surface area contributed by atoms with E-state index < -0.39 is 0 Å². The highest BCUT2D eigenvalue weighted by molar-refractivity contribution is 5.32. The van der Waals surface area contributed by atoms with E-state index in [0.29, 0.717) is 17.9 Å². The molecular weight excluding hydrogens is 340 g/mol. The fourth-order valence-corrected chi connectivity index (χ4v) is 3.20. The third-order valence-electron chi connectivity index (χ3n) is 4.62. The molecule has 1 aliphatic rings. The van der Waals surface area contributed by atoms with Crippen molar-refractivity contribution >= 4 is 0 Å². The number of benzene rings is 2. The molecule has 0 saturated heterocycles. The summed E-state index contributed by atoms with van der Waals surface area (Å²) in [5, 5.41) is 8.81. The Labute approximate surface area is 157 Å². The van der Waals surface area contributed by atoms with Crippen molar-refractivity contribution in [1.82, 2.24) is 4.90 Å². The lowest BCUT2D eigenvalue weighted by Crippen LogP contribution is -2.17. The fourth-order valence-electron chi connectivity index (χ4n) is 3.20. The third kappa shape index (κ3) is 3.91. The summed E-state index contributed by atoms with van der Waals surface area (Å²) in [6.07, 6.45) is 1.38. The second-order valence-corrected chi connectivity index (χ2v) is 6.59. The minimum atomic E-state index is -0.193. The van der Waals surface area contributed by atoms with Crippen LogP contribution in [-0.2, 0) is 26.2 Å². The van der Waals surface area contributed by atoms with Gasteiger partial charge >= 0.3 is 0 Å². The highest BCUT2D eigenvalue weighted by atomic mass is 16.5. The number of rotatable bonds is 5. The maximum Gasteiger partial charge on any atom is 0.227 e. The van der Waals surface area contributed by atoms with Crippen LogP contribution in [0.25, 0.3) is 0 Å². The summed E-state index contributed by atoms with van der Waals surface area (Å²) in [6.45, 7) is 2.55. The molecule has 2 aromatic carbocycles. The number of fused-ring (bicyclic) bond motifs is 1. The van der Waals surface area contributed by atoms with Crippen molar-refractivity contribution in [2.24, 2.45) is 0 Å². The topological polar surface area (TPSA) is 66.5 Å². The van der Waals surface area contributed by atoms with Crippen molar-refractivity contribution < 1.29 is 9.15 Å². The summed E-state index contributed by atoms with van der Waals surface area (Å²) in [5.74, 6) is 0.811. The first-order valence-electron chi connectivity index (χ1n) is 8.74. The molecule has 1 aromatic heterocycles. The van der Waals surface area contributed by atoms with Gasteiger partial charge < -0.3 is 9.15 Å². The maximum absolute atomic E-state index is 12.3. The number of nitriles is 1. The Morgan fingerprint density at radius 2 is 1.78 bits per heavy atom. The third-order valence-corrected chi connectivity index (χ3v) is 4.62. The second kappa shape index (κ2) is 7.48. The van der Waals surface area contributed by atoms with E-state index in [2.05, 4.69) is 23.1 Å². The van der Waals surface area contributed by atoms with Gasteiger partial charge in [-0.25, -0.2) is 0 Å². The monoisotopic (exact) mass is 358 g/mol. The zero-order valence-corrected chi connectivity index (χ0v) is 14.7. The van der Waals surface area contributed by atoms with Crippen LogP contribution < -0.4 is 10.2 Å². The van der Waals surface area contributed by atoms with E-state index in [1.54, 1.807) is 24.3 Å². The lowest BCUT2D eigenvalue weighted by atomic mass is 10.1. The predicted molar refractivity (Wildman–Crippen MR) is 99.9 cm³/mol. The molecule has 5 nitrogen and oxygen atoms in total. The number of nitrogens with zero attached hydrogens (tertiary/aromatic N) is 2. The first-order valence-corrected chi connectivity index (χ1v) is 8.74. The van der Waals surface area contributed by atoms with Crippen molar-refractivity contribution in [3.8, 4) is 11.8 Å². The van der Waals surface area contributed by atoms with Gasteiger partial charge in [-0.3, -0.25) is 9.69 Å². The van der Waals surface area contributed by atoms with Crippen molar-refractivity contribution in [3.63, 3.8) is 0 Å². The summed E-state index contributed by atoms with van der Waals surface area (Å²) in [6, 6.07) is 19.0. The van der Waals surface area contributed by atoms with Crippen LogP contribution in [0.4, 0.5) is 0 Å². The molecule has 0 N–H and O–H groups in total. The summed E-state index contributed by atoms with van der Waals surface area (Å²) >= 11 is 0. The average Bonchev–Trinajstić information content (AvgIpc) is 3.10. The number of hydrogen-bond donors (Lipinski definition) is 0. The van der Waals surface area contributed by atoms with E-state index in [4.69, 9.17) is 14.4 Å². The van der Waals surface area contributed by atoms with Crippen LogP contribution in [0.15, 0.2) is 70.1 Å². The van der Waals surface area contributed by atoms with Gasteiger partial charge in [0.1, 0.15) is 18.6 Å². The summed E-state index contributed by atoms with van der Waals surface area (Å²) < 4.78 is 11.2. The molecule has 27 heavy (non-hydrogen) atoms. The van der Waals surface area contributed by atoms with Gasteiger partial charge in [-0.15, -0.1) is 0 Å². The van der Waals surface area contributed by atoms with Crippen LogP contribution in [0.5, 0.6) is 5.75 Å². The Morgan fingerprint density at radius 1 is 1.07 bits per heavy atom. The zero-order valence-electron chi connectivity index (χ0n) is 14.7. The summed E-state index contributed by atoms with van der Waals surface area (Å²) in [4.78, 5) is 14.5. The highest BCUT2D eigenvalue weighted by Gasteiger charge is 2.19. The molecule has 0 spiro atoms. The first-order chi connectivity index (χ1) is 13.2. The molecule has 3 aromatic rings. The smallest absolute Gasteiger partial charge is 0.227 e. The van der Waals surface area contributed by atoms with Gasteiger partial charge in [0.25, 0.3) is 0 Å². The van der Waals surface area contributed by atoms with E-state index in [-0.39, 0.29) is 17.8 Å². The summed E-state index contributed by atoms with van der Waals surface area (Å²) in [7, 11) is 0. The number of hydrogen-bond acceptors (Lipinski definition) is 5. The molecule has 0 radical (unpaired) electrons. The summed E-state index contributed by atoms with van der Waals surface area (Å²) in [5.41, 5.74) is 3.92. The largest absolute Gasteiger partial charge is 0.482 e. The van der Waals surface area contributed by atoms with E-state index >= 15 is 0 Å². The van der Waals surface area contributed by atoms with Crippen molar-refractivity contribution in [3.05, 3.63) is 99.1 Å². The predicted octanol–water partition coefficient (Wildman–Crippen LogP) is 3.61. The molecule has 5 heteroatoms. The van der Waals surface area contributed by atoms with Gasteiger partial charge in [0.15, 0.2) is 0 Å². The molecule has 0 saturated carbocycles. The molecule has 0 amide bonds. The zero-order chi connectivity index (χ0) is 18.6. The van der Waals surface area contributed by atoms with E-state index in [1.165, 1.54) is 23.5 Å². The fraction of sp³-hybridized carbons (Fsp3) is 0.182. The van der Waals surface area contributed by atoms with Crippen LogP contribution in [0.3, 0.4) is 0 Å². The van der Waals surface area contributed by atoms with Gasteiger partial charge in [0, 0.05) is 19.2 Å².